The molecule has 1 amide bonds. The Kier molecular flexibility index (Phi) is 11.8. The summed E-state index contributed by atoms with van der Waals surface area (Å²) >= 11 is 0. The van der Waals surface area contributed by atoms with Crippen molar-refractivity contribution in [3.8, 4) is 0 Å². The summed E-state index contributed by atoms with van der Waals surface area (Å²) in [5.41, 5.74) is 6.78. The number of ether oxygens (including phenoxy) is 1. The molecule has 3 unspecified atom stereocenters. The van der Waals surface area contributed by atoms with Crippen LogP contribution in [0.3, 0.4) is 0 Å². The predicted octanol–water partition coefficient (Wildman–Crippen LogP) is 0.531. The molecule has 23 heteroatoms. The number of nitrogens with one attached hydrogen (secondary N) is 2. The molecule has 7 atom stereocenters. The molecular weight excluding hydrogens is 663 g/mol. The summed E-state index contributed by atoms with van der Waals surface area (Å²) in [6.07, 6.45) is 4.68. The molecule has 20 nitrogen and oxygen atoms in total. The molecule has 2 aliphatic rings. The van der Waals surface area contributed by atoms with Gasteiger partial charge in [-0.2, -0.15) is 8.62 Å². The van der Waals surface area contributed by atoms with Gasteiger partial charge in [0.2, 0.25) is 5.91 Å². The van der Waals surface area contributed by atoms with E-state index in [1.807, 2.05) is 17.2 Å². The van der Waals surface area contributed by atoms with E-state index in [1.165, 1.54) is 10.9 Å². The number of hydrogen-bond donors (Lipinski definition) is 8. The number of aromatic nitrogens is 4. The molecule has 9 N–H and O–H groups in total. The van der Waals surface area contributed by atoms with E-state index in [1.54, 1.807) is 6.08 Å². The lowest BCUT2D eigenvalue weighted by molar-refractivity contribution is -0.117. The number of nitrogens with two attached hydrogens (primary N) is 1. The number of carbonyl (C=O) groups excluding carboxylic acids is 1. The van der Waals surface area contributed by atoms with E-state index >= 15 is 0 Å². The van der Waals surface area contributed by atoms with Crippen molar-refractivity contribution in [3.05, 3.63) is 36.5 Å². The summed E-state index contributed by atoms with van der Waals surface area (Å²) in [6, 6.07) is 0. The van der Waals surface area contributed by atoms with Crippen LogP contribution in [0.4, 0.5) is 5.82 Å². The van der Waals surface area contributed by atoms with E-state index in [4.69, 9.17) is 10.5 Å². The Bertz CT molecular complexity index is 1570. The highest BCUT2D eigenvalue weighted by Gasteiger charge is 2.47. The molecule has 45 heavy (non-hydrogen) atoms. The standard InChI is InChI=1S/C22H34N7O13P3/c23-19-16-20(26-12-25-19)29(13-27-16)22-18(31)17(30)15(40-22)11-39-44(35,36)42-45(37,38)41-43(33,34)28-10-6-2-1-5-9-24-21(32)14-7-3-4-8-14/h3-4,7,12-13,15,17-18,22,30-31H,1-2,5-6,8-11H2,(H,24,32)(H,35,36)(H,37,38)(H2,23,25,26)(H2,28,33,34)/t15-,17-,18-,22-/m1/s1. The van der Waals surface area contributed by atoms with Crippen LogP contribution in [0, 0.1) is 0 Å². The molecular formula is C22H34N7O13P3. The molecule has 0 aromatic carbocycles. The third kappa shape index (κ3) is 9.79. The van der Waals surface area contributed by atoms with Gasteiger partial charge in [0.25, 0.3) is 0 Å². The molecule has 0 radical (unpaired) electrons. The molecule has 1 fully saturated rings. The second kappa shape index (κ2) is 15.0. The number of nitrogens with zero attached hydrogens (tertiary/aromatic N) is 4. The summed E-state index contributed by atoms with van der Waals surface area (Å²) in [5, 5.41) is 25.7. The molecule has 2 aromatic rings. The van der Waals surface area contributed by atoms with Gasteiger partial charge in [0, 0.05) is 18.7 Å². The second-order valence-corrected chi connectivity index (χ2v) is 14.7. The van der Waals surface area contributed by atoms with Gasteiger partial charge in [0.05, 0.1) is 12.9 Å². The number of phosphoric ester groups is 1. The molecule has 1 saturated heterocycles. The first-order chi connectivity index (χ1) is 21.2. The van der Waals surface area contributed by atoms with Crippen LogP contribution < -0.4 is 16.1 Å². The Morgan fingerprint density at radius 2 is 1.76 bits per heavy atom. The number of unbranched alkanes of at least 4 members (excludes halogenated alkanes) is 3. The molecule has 0 bridgehead atoms. The minimum absolute atomic E-state index is 0.0489. The number of fused-ring (bicyclic) bond motifs is 1. The quantitative estimate of drug-likeness (QED) is 0.0826. The Hall–Kier alpha value is -2.41. The summed E-state index contributed by atoms with van der Waals surface area (Å²) in [5.74, 6) is -0.0835. The lowest BCUT2D eigenvalue weighted by atomic mass is 10.1. The third-order valence-electron chi connectivity index (χ3n) is 6.58. The Labute approximate surface area is 256 Å². The van der Waals surface area contributed by atoms with Crippen molar-refractivity contribution in [1.29, 1.82) is 0 Å². The number of anilines is 1. The van der Waals surface area contributed by atoms with E-state index in [2.05, 4.69) is 33.4 Å². The molecule has 2 aromatic heterocycles. The van der Waals surface area contributed by atoms with Crippen LogP contribution in [0.1, 0.15) is 38.3 Å². The van der Waals surface area contributed by atoms with Crippen LogP contribution in [0.15, 0.2) is 36.5 Å². The van der Waals surface area contributed by atoms with Crippen LogP contribution in [-0.2, 0) is 36.4 Å². The fraction of sp³-hybridized carbons (Fsp3) is 0.545. The van der Waals surface area contributed by atoms with Crippen LogP contribution in [0.2, 0.25) is 0 Å². The number of aliphatic hydroxyl groups excluding tert-OH is 2. The maximum atomic E-state index is 12.3. The predicted molar refractivity (Wildman–Crippen MR) is 155 cm³/mol. The summed E-state index contributed by atoms with van der Waals surface area (Å²) in [6.45, 7) is -0.587. The Morgan fingerprint density at radius 1 is 1.02 bits per heavy atom. The monoisotopic (exact) mass is 697 g/mol. The summed E-state index contributed by atoms with van der Waals surface area (Å²) < 4.78 is 56.4. The minimum atomic E-state index is -5.65. The molecule has 1 aliphatic heterocycles. The number of hydrogen-bond acceptors (Lipinski definition) is 14. The van der Waals surface area contributed by atoms with Gasteiger partial charge in [0.15, 0.2) is 17.7 Å². The van der Waals surface area contributed by atoms with Crippen LogP contribution >= 0.6 is 23.4 Å². The van der Waals surface area contributed by atoms with Crippen LogP contribution in [0.5, 0.6) is 0 Å². The zero-order valence-corrected chi connectivity index (χ0v) is 26.2. The topological polar surface area (TPSA) is 300 Å². The van der Waals surface area contributed by atoms with Crippen molar-refractivity contribution in [2.75, 3.05) is 25.4 Å². The van der Waals surface area contributed by atoms with Gasteiger partial charge in [-0.3, -0.25) is 13.9 Å². The van der Waals surface area contributed by atoms with Crippen molar-refractivity contribution in [2.24, 2.45) is 0 Å². The third-order valence-corrected chi connectivity index (χ3v) is 11.0. The summed E-state index contributed by atoms with van der Waals surface area (Å²) in [4.78, 5) is 53.3. The first kappa shape index (κ1) is 35.4. The number of phosphoric acid groups is 2. The highest BCUT2D eigenvalue weighted by molar-refractivity contribution is 7.67. The highest BCUT2D eigenvalue weighted by Crippen LogP contribution is 2.66. The Morgan fingerprint density at radius 3 is 2.47 bits per heavy atom. The number of imidazole rings is 1. The second-order valence-electron chi connectivity index (χ2n) is 9.95. The fourth-order valence-electron chi connectivity index (χ4n) is 4.41. The van der Waals surface area contributed by atoms with Crippen molar-refractivity contribution < 1.29 is 61.3 Å². The van der Waals surface area contributed by atoms with E-state index in [0.717, 1.165) is 6.33 Å². The van der Waals surface area contributed by atoms with Crippen molar-refractivity contribution in [3.63, 3.8) is 0 Å². The number of allylic oxidation sites excluding steroid dienone is 3. The highest BCUT2D eigenvalue weighted by atomic mass is 31.3. The van der Waals surface area contributed by atoms with Crippen LogP contribution in [-0.4, -0.2) is 88.3 Å². The lowest BCUT2D eigenvalue weighted by Gasteiger charge is -2.20. The zero-order valence-electron chi connectivity index (χ0n) is 23.6. The van der Waals surface area contributed by atoms with Gasteiger partial charge in [0.1, 0.15) is 30.2 Å². The van der Waals surface area contributed by atoms with Gasteiger partial charge in [-0.25, -0.2) is 33.7 Å². The minimum Gasteiger partial charge on any atom is -0.387 e. The van der Waals surface area contributed by atoms with E-state index in [0.29, 0.717) is 44.2 Å². The Balaban J connectivity index is 1.17. The van der Waals surface area contributed by atoms with E-state index in [9.17, 15) is 43.4 Å². The maximum Gasteiger partial charge on any atom is 0.489 e. The van der Waals surface area contributed by atoms with Gasteiger partial charge < -0.3 is 40.7 Å². The number of rotatable bonds is 17. The van der Waals surface area contributed by atoms with Crippen molar-refractivity contribution in [2.45, 2.75) is 56.6 Å². The number of nitrogen functional groups attached to an aromatic ring is 1. The molecule has 0 spiro atoms. The molecule has 0 saturated carbocycles. The normalized spacial score (nSPS) is 25.5. The largest absolute Gasteiger partial charge is 0.489 e. The number of carbonyl (C=O) groups is 1. The van der Waals surface area contributed by atoms with Crippen molar-refractivity contribution >= 4 is 46.3 Å². The average Bonchev–Trinajstić information content (AvgIpc) is 3.69. The zero-order chi connectivity index (χ0) is 32.8. The van der Waals surface area contributed by atoms with E-state index in [-0.39, 0.29) is 29.4 Å². The van der Waals surface area contributed by atoms with Gasteiger partial charge in [-0.1, -0.05) is 31.1 Å². The molecule has 250 valence electrons. The van der Waals surface area contributed by atoms with Gasteiger partial charge in [-0.05, 0) is 19.3 Å². The van der Waals surface area contributed by atoms with E-state index < -0.39 is 54.5 Å². The average molecular weight is 697 g/mol. The SMILES string of the molecule is Nc1ncnc2c1ncn2[C@@H]1O[C@H](COP(=O)(O)OP(=O)(O)OP(=O)(O)NCCCCCCNC(=O)C2=CC=CC2)[C@@H](O)[C@H]1O. The smallest absolute Gasteiger partial charge is 0.387 e. The van der Waals surface area contributed by atoms with Gasteiger partial charge in [-0.15, -0.1) is 0 Å². The molecule has 1 aliphatic carbocycles. The molecule has 3 heterocycles. The van der Waals surface area contributed by atoms with Crippen LogP contribution in [0.25, 0.3) is 11.2 Å². The van der Waals surface area contributed by atoms with Gasteiger partial charge >= 0.3 is 23.4 Å². The first-order valence-corrected chi connectivity index (χ1v) is 18.1. The maximum absolute atomic E-state index is 12.3. The number of aliphatic hydroxyl groups is 2. The summed E-state index contributed by atoms with van der Waals surface area (Å²) in [7, 11) is -16.1. The van der Waals surface area contributed by atoms with Crippen molar-refractivity contribution in [1.82, 2.24) is 29.9 Å². The lowest BCUT2D eigenvalue weighted by Crippen LogP contribution is -2.33. The first-order valence-electron chi connectivity index (χ1n) is 13.6. The molecule has 4 rings (SSSR count). The number of amides is 1. The fourth-order valence-corrected chi connectivity index (χ4v) is 8.16.